The summed E-state index contributed by atoms with van der Waals surface area (Å²) in [7, 11) is -0.310. The van der Waals surface area contributed by atoms with Crippen molar-refractivity contribution in [1.82, 2.24) is 14.6 Å². The van der Waals surface area contributed by atoms with Gasteiger partial charge in [-0.3, -0.25) is 0 Å². The summed E-state index contributed by atoms with van der Waals surface area (Å²) in [5.41, 5.74) is 3.42. The minimum Gasteiger partial charge on any atom is -0.361 e. The van der Waals surface area contributed by atoms with E-state index in [2.05, 4.69) is 35.4 Å². The van der Waals surface area contributed by atoms with Crippen LogP contribution < -0.4 is 5.32 Å². The third-order valence-corrected chi connectivity index (χ3v) is 6.27. The smallest absolute Gasteiger partial charge is 0.242 e. The Kier molecular flexibility index (Phi) is 4.94. The highest BCUT2D eigenvalue weighted by atomic mass is 32.2. The van der Waals surface area contributed by atoms with E-state index in [9.17, 15) is 8.42 Å². The van der Waals surface area contributed by atoms with Crippen molar-refractivity contribution in [1.29, 1.82) is 0 Å². The summed E-state index contributed by atoms with van der Waals surface area (Å²) in [5.74, 6) is 0. The van der Waals surface area contributed by atoms with E-state index in [1.807, 2.05) is 24.4 Å². The molecule has 0 aliphatic carbocycles. The van der Waals surface area contributed by atoms with E-state index in [1.165, 1.54) is 29.4 Å². The maximum atomic E-state index is 12.1. The maximum absolute atomic E-state index is 12.1. The van der Waals surface area contributed by atoms with Gasteiger partial charge in [-0.05, 0) is 42.3 Å². The molecule has 6 heteroatoms. The predicted octanol–water partition coefficient (Wildman–Crippen LogP) is 3.27. The molecule has 0 aliphatic rings. The minimum absolute atomic E-state index is 0.116. The summed E-state index contributed by atoms with van der Waals surface area (Å²) in [5, 5.41) is 4.72. The van der Waals surface area contributed by atoms with Crippen LogP contribution in [0.4, 0.5) is 0 Å². The number of aromatic nitrogens is 1. The second-order valence-electron chi connectivity index (χ2n) is 6.32. The lowest BCUT2D eigenvalue weighted by Gasteiger charge is -2.16. The number of benzene rings is 2. The molecule has 0 saturated heterocycles. The Hall–Kier alpha value is -2.15. The summed E-state index contributed by atoms with van der Waals surface area (Å²) < 4.78 is 25.5. The Morgan fingerprint density at radius 1 is 1.08 bits per heavy atom. The van der Waals surface area contributed by atoms with E-state index in [-0.39, 0.29) is 6.04 Å². The van der Waals surface area contributed by atoms with Gasteiger partial charge in [0.2, 0.25) is 10.0 Å². The van der Waals surface area contributed by atoms with Gasteiger partial charge in [0.1, 0.15) is 0 Å². The topological polar surface area (TPSA) is 65.2 Å². The Morgan fingerprint density at radius 3 is 2.48 bits per heavy atom. The molecule has 3 aromatic rings. The average molecular weight is 357 g/mol. The number of sulfonamides is 1. The molecule has 0 saturated carbocycles. The number of H-pyrrole nitrogens is 1. The highest BCUT2D eigenvalue weighted by Crippen LogP contribution is 2.21. The van der Waals surface area contributed by atoms with Crippen molar-refractivity contribution < 1.29 is 8.42 Å². The molecular formula is C19H23N3O2S. The molecule has 2 N–H and O–H groups in total. The molecule has 0 radical (unpaired) electrons. The lowest BCUT2D eigenvalue weighted by atomic mass is 10.1. The van der Waals surface area contributed by atoms with Crippen molar-refractivity contribution in [3.63, 3.8) is 0 Å². The number of nitrogens with one attached hydrogen (secondary N) is 2. The Balaban J connectivity index is 1.71. The van der Waals surface area contributed by atoms with Gasteiger partial charge < -0.3 is 10.3 Å². The van der Waals surface area contributed by atoms with Gasteiger partial charge in [0.25, 0.3) is 0 Å². The first-order valence-electron chi connectivity index (χ1n) is 8.20. The highest BCUT2D eigenvalue weighted by molar-refractivity contribution is 7.89. The van der Waals surface area contributed by atoms with E-state index >= 15 is 0 Å². The second kappa shape index (κ2) is 7.00. The fourth-order valence-corrected chi connectivity index (χ4v) is 3.73. The number of fused-ring (bicyclic) bond motifs is 1. The van der Waals surface area contributed by atoms with E-state index in [0.717, 1.165) is 17.6 Å². The number of aromatic amines is 1. The van der Waals surface area contributed by atoms with Crippen molar-refractivity contribution in [3.8, 4) is 0 Å². The molecule has 5 nitrogen and oxygen atoms in total. The van der Waals surface area contributed by atoms with Crippen molar-refractivity contribution in [2.24, 2.45) is 0 Å². The second-order valence-corrected chi connectivity index (χ2v) is 8.47. The van der Waals surface area contributed by atoms with Crippen molar-refractivity contribution in [2.45, 2.75) is 24.4 Å². The summed E-state index contributed by atoms with van der Waals surface area (Å²) >= 11 is 0. The van der Waals surface area contributed by atoms with Crippen LogP contribution in [-0.2, 0) is 16.6 Å². The van der Waals surface area contributed by atoms with Crippen molar-refractivity contribution in [2.75, 3.05) is 14.1 Å². The Morgan fingerprint density at radius 2 is 1.80 bits per heavy atom. The third kappa shape index (κ3) is 3.61. The van der Waals surface area contributed by atoms with Crippen LogP contribution in [0.1, 0.15) is 24.1 Å². The SMILES string of the molecule is CC(NCc1cccc2[nH]ccc12)c1ccc(S(=O)(=O)N(C)C)cc1. The quantitative estimate of drug-likeness (QED) is 0.712. The van der Waals surface area contributed by atoms with Gasteiger partial charge >= 0.3 is 0 Å². The van der Waals surface area contributed by atoms with E-state index < -0.39 is 10.0 Å². The van der Waals surface area contributed by atoms with Gasteiger partial charge in [-0.15, -0.1) is 0 Å². The zero-order valence-corrected chi connectivity index (χ0v) is 15.5. The largest absolute Gasteiger partial charge is 0.361 e. The molecule has 0 aliphatic heterocycles. The van der Waals surface area contributed by atoms with Crippen molar-refractivity contribution >= 4 is 20.9 Å². The monoisotopic (exact) mass is 357 g/mol. The molecule has 0 fully saturated rings. The molecule has 1 atom stereocenters. The number of nitrogens with zero attached hydrogens (tertiary/aromatic N) is 1. The van der Waals surface area contributed by atoms with Gasteiger partial charge in [0, 0.05) is 43.8 Å². The summed E-state index contributed by atoms with van der Waals surface area (Å²) in [6.07, 6.45) is 1.95. The number of hydrogen-bond donors (Lipinski definition) is 2. The zero-order valence-electron chi connectivity index (χ0n) is 14.7. The first-order chi connectivity index (χ1) is 11.9. The van der Waals surface area contributed by atoms with Gasteiger partial charge in [-0.2, -0.15) is 0 Å². The van der Waals surface area contributed by atoms with E-state index in [4.69, 9.17) is 0 Å². The van der Waals surface area contributed by atoms with Crippen LogP contribution >= 0.6 is 0 Å². The molecule has 0 amide bonds. The first-order valence-corrected chi connectivity index (χ1v) is 9.64. The molecule has 0 bridgehead atoms. The van der Waals surface area contributed by atoms with Crippen LogP contribution in [-0.4, -0.2) is 31.8 Å². The standard InChI is InChI=1S/C19H23N3O2S/c1-14(15-7-9-17(10-8-15)25(23,24)22(2)3)21-13-16-5-4-6-19-18(16)11-12-20-19/h4-12,14,20-21H,13H2,1-3H3. The molecule has 25 heavy (non-hydrogen) atoms. The lowest BCUT2D eigenvalue weighted by Crippen LogP contribution is -2.22. The fraction of sp³-hybridized carbons (Fsp3) is 0.263. The molecule has 0 spiro atoms. The maximum Gasteiger partial charge on any atom is 0.242 e. The molecule has 3 rings (SSSR count). The van der Waals surface area contributed by atoms with E-state index in [1.54, 1.807) is 12.1 Å². The zero-order chi connectivity index (χ0) is 18.0. The normalized spacial score (nSPS) is 13.4. The molecule has 132 valence electrons. The van der Waals surface area contributed by atoms with Crippen LogP contribution in [0, 0.1) is 0 Å². The average Bonchev–Trinajstić information content (AvgIpc) is 3.09. The lowest BCUT2D eigenvalue weighted by molar-refractivity contribution is 0.520. The van der Waals surface area contributed by atoms with Gasteiger partial charge in [-0.1, -0.05) is 24.3 Å². The summed E-state index contributed by atoms with van der Waals surface area (Å²) in [6.45, 7) is 2.82. The third-order valence-electron chi connectivity index (χ3n) is 4.44. The molecule has 1 aromatic heterocycles. The van der Waals surface area contributed by atoms with Crippen LogP contribution in [0.15, 0.2) is 59.6 Å². The molecule has 1 unspecified atom stereocenters. The Bertz CT molecular complexity index is 960. The summed E-state index contributed by atoms with van der Waals surface area (Å²) in [4.78, 5) is 3.53. The molecule has 1 heterocycles. The van der Waals surface area contributed by atoms with Gasteiger partial charge in [-0.25, -0.2) is 12.7 Å². The predicted molar refractivity (Wildman–Crippen MR) is 101 cm³/mol. The van der Waals surface area contributed by atoms with Gasteiger partial charge in [0.05, 0.1) is 4.90 Å². The minimum atomic E-state index is -3.38. The van der Waals surface area contributed by atoms with Crippen molar-refractivity contribution in [3.05, 3.63) is 65.9 Å². The molecular weight excluding hydrogens is 334 g/mol. The van der Waals surface area contributed by atoms with Crippen LogP contribution in [0.3, 0.4) is 0 Å². The molecule has 2 aromatic carbocycles. The van der Waals surface area contributed by atoms with Crippen LogP contribution in [0.2, 0.25) is 0 Å². The fourth-order valence-electron chi connectivity index (χ4n) is 2.82. The van der Waals surface area contributed by atoms with Gasteiger partial charge in [0.15, 0.2) is 0 Å². The number of rotatable bonds is 6. The highest BCUT2D eigenvalue weighted by Gasteiger charge is 2.17. The Labute approximate surface area is 148 Å². The summed E-state index contributed by atoms with van der Waals surface area (Å²) in [6, 6.07) is 15.5. The number of hydrogen-bond acceptors (Lipinski definition) is 3. The van der Waals surface area contributed by atoms with Crippen LogP contribution in [0.25, 0.3) is 10.9 Å². The van der Waals surface area contributed by atoms with E-state index in [0.29, 0.717) is 4.90 Å². The first kappa shape index (κ1) is 17.7. The van der Waals surface area contributed by atoms with Crippen LogP contribution in [0.5, 0.6) is 0 Å².